The zero-order valence-corrected chi connectivity index (χ0v) is 9.04. The monoisotopic (exact) mass is 172 g/mol. The fourth-order valence-electron chi connectivity index (χ4n) is 0.979. The van der Waals surface area contributed by atoms with Crippen molar-refractivity contribution in [2.24, 2.45) is 5.41 Å². The van der Waals surface area contributed by atoms with E-state index in [1.165, 1.54) is 6.42 Å². The van der Waals surface area contributed by atoms with E-state index in [-0.39, 0.29) is 0 Å². The predicted octanol–water partition coefficient (Wildman–Crippen LogP) is 1.62. The van der Waals surface area contributed by atoms with Gasteiger partial charge in [0, 0.05) is 0 Å². The molecule has 0 radical (unpaired) electrons. The summed E-state index contributed by atoms with van der Waals surface area (Å²) in [7, 11) is 0. The van der Waals surface area contributed by atoms with Gasteiger partial charge < -0.3 is 10.6 Å². The zero-order chi connectivity index (χ0) is 9.45. The number of hydrogen-bond donors (Lipinski definition) is 2. The first-order valence-electron chi connectivity index (χ1n) is 4.97. The van der Waals surface area contributed by atoms with Crippen LogP contribution in [0.5, 0.6) is 0 Å². The number of rotatable bonds is 6. The van der Waals surface area contributed by atoms with Crippen molar-refractivity contribution in [1.29, 1.82) is 0 Å². The summed E-state index contributed by atoms with van der Waals surface area (Å²) in [5.74, 6) is 0. The first-order valence-corrected chi connectivity index (χ1v) is 4.97. The Hall–Kier alpha value is -0.0800. The van der Waals surface area contributed by atoms with E-state index in [1.54, 1.807) is 0 Å². The Bertz CT molecular complexity index is 94.5. The van der Waals surface area contributed by atoms with Crippen LogP contribution in [0.4, 0.5) is 0 Å². The Morgan fingerprint density at radius 1 is 1.00 bits per heavy atom. The van der Waals surface area contributed by atoms with Crippen molar-refractivity contribution in [3.63, 3.8) is 0 Å². The van der Waals surface area contributed by atoms with Crippen LogP contribution in [0, 0.1) is 5.41 Å². The SMILES string of the molecule is CCNCCCNCC(C)(C)C. The lowest BCUT2D eigenvalue weighted by Gasteiger charge is -2.18. The maximum absolute atomic E-state index is 3.44. The highest BCUT2D eigenvalue weighted by molar-refractivity contribution is 4.64. The molecule has 0 aromatic carbocycles. The lowest BCUT2D eigenvalue weighted by molar-refractivity contribution is 0.378. The first-order chi connectivity index (χ1) is 5.56. The van der Waals surface area contributed by atoms with E-state index in [4.69, 9.17) is 0 Å². The van der Waals surface area contributed by atoms with E-state index < -0.39 is 0 Å². The molecule has 0 saturated heterocycles. The van der Waals surface area contributed by atoms with Gasteiger partial charge in [-0.3, -0.25) is 0 Å². The van der Waals surface area contributed by atoms with Gasteiger partial charge in [0.15, 0.2) is 0 Å². The minimum Gasteiger partial charge on any atom is -0.317 e. The van der Waals surface area contributed by atoms with Crippen molar-refractivity contribution < 1.29 is 0 Å². The quantitative estimate of drug-likeness (QED) is 0.595. The molecule has 2 heteroatoms. The van der Waals surface area contributed by atoms with Gasteiger partial charge in [-0.1, -0.05) is 27.7 Å². The molecule has 0 fully saturated rings. The van der Waals surface area contributed by atoms with E-state index in [1.807, 2.05) is 0 Å². The van der Waals surface area contributed by atoms with Gasteiger partial charge >= 0.3 is 0 Å². The molecule has 0 atom stereocenters. The van der Waals surface area contributed by atoms with E-state index in [0.717, 1.165) is 26.2 Å². The highest BCUT2D eigenvalue weighted by Gasteiger charge is 2.07. The van der Waals surface area contributed by atoms with Crippen molar-refractivity contribution in [3.8, 4) is 0 Å². The van der Waals surface area contributed by atoms with Crippen LogP contribution >= 0.6 is 0 Å². The molecule has 0 aromatic rings. The van der Waals surface area contributed by atoms with Gasteiger partial charge in [-0.15, -0.1) is 0 Å². The molecular weight excluding hydrogens is 148 g/mol. The third-order valence-electron chi connectivity index (χ3n) is 1.61. The summed E-state index contributed by atoms with van der Waals surface area (Å²) < 4.78 is 0. The first kappa shape index (κ1) is 11.9. The third-order valence-corrected chi connectivity index (χ3v) is 1.61. The van der Waals surface area contributed by atoms with E-state index in [9.17, 15) is 0 Å². The van der Waals surface area contributed by atoms with Crippen LogP contribution in [0.3, 0.4) is 0 Å². The lowest BCUT2D eigenvalue weighted by Crippen LogP contribution is -2.29. The minimum absolute atomic E-state index is 0.415. The van der Waals surface area contributed by atoms with Crippen LogP contribution in [0.2, 0.25) is 0 Å². The Labute approximate surface area is 77.1 Å². The van der Waals surface area contributed by atoms with Crippen LogP contribution in [0.1, 0.15) is 34.1 Å². The fourth-order valence-corrected chi connectivity index (χ4v) is 0.979. The highest BCUT2D eigenvalue weighted by Crippen LogP contribution is 2.09. The second kappa shape index (κ2) is 6.44. The summed E-state index contributed by atoms with van der Waals surface area (Å²) in [6.45, 7) is 13.4. The largest absolute Gasteiger partial charge is 0.317 e. The van der Waals surface area contributed by atoms with Crippen molar-refractivity contribution in [3.05, 3.63) is 0 Å². The third kappa shape index (κ3) is 9.92. The van der Waals surface area contributed by atoms with Gasteiger partial charge in [0.05, 0.1) is 0 Å². The molecule has 0 saturated carbocycles. The maximum Gasteiger partial charge on any atom is -0.0000116 e. The lowest BCUT2D eigenvalue weighted by atomic mass is 9.97. The second-order valence-corrected chi connectivity index (χ2v) is 4.44. The van der Waals surface area contributed by atoms with Gasteiger partial charge in [0.25, 0.3) is 0 Å². The molecule has 2 N–H and O–H groups in total. The van der Waals surface area contributed by atoms with Gasteiger partial charge in [0.2, 0.25) is 0 Å². The summed E-state index contributed by atoms with van der Waals surface area (Å²) >= 11 is 0. The molecule has 0 heterocycles. The zero-order valence-electron chi connectivity index (χ0n) is 9.04. The molecule has 2 nitrogen and oxygen atoms in total. The molecule has 0 unspecified atom stereocenters. The normalized spacial score (nSPS) is 12.0. The summed E-state index contributed by atoms with van der Waals surface area (Å²) in [5.41, 5.74) is 0.415. The second-order valence-electron chi connectivity index (χ2n) is 4.44. The summed E-state index contributed by atoms with van der Waals surface area (Å²) in [6, 6.07) is 0. The van der Waals surface area contributed by atoms with Crippen LogP contribution < -0.4 is 10.6 Å². The van der Waals surface area contributed by atoms with Crippen LogP contribution in [0.25, 0.3) is 0 Å². The predicted molar refractivity (Wildman–Crippen MR) is 55.5 cm³/mol. The van der Waals surface area contributed by atoms with Gasteiger partial charge in [-0.2, -0.15) is 0 Å². The standard InChI is InChI=1S/C10H24N2/c1-5-11-7-6-8-12-9-10(2,3)4/h11-12H,5-9H2,1-4H3. The number of nitrogens with one attached hydrogen (secondary N) is 2. The van der Waals surface area contributed by atoms with Crippen LogP contribution in [-0.4, -0.2) is 26.2 Å². The Morgan fingerprint density at radius 3 is 2.08 bits per heavy atom. The molecule has 0 spiro atoms. The van der Waals surface area contributed by atoms with Crippen molar-refractivity contribution in [1.82, 2.24) is 10.6 Å². The molecule has 12 heavy (non-hydrogen) atoms. The molecule has 0 aliphatic carbocycles. The van der Waals surface area contributed by atoms with Gasteiger partial charge in [-0.05, 0) is 38.0 Å². The molecule has 74 valence electrons. The Balaban J connectivity index is 3.01. The average Bonchev–Trinajstić information content (AvgIpc) is 1.94. The minimum atomic E-state index is 0.415. The smallest absolute Gasteiger partial charge is 0.0000116 e. The van der Waals surface area contributed by atoms with Crippen molar-refractivity contribution >= 4 is 0 Å². The maximum atomic E-state index is 3.44. The van der Waals surface area contributed by atoms with E-state index in [2.05, 4.69) is 38.3 Å². The molecular formula is C10H24N2. The fraction of sp³-hybridized carbons (Fsp3) is 1.00. The number of hydrogen-bond acceptors (Lipinski definition) is 2. The van der Waals surface area contributed by atoms with E-state index >= 15 is 0 Å². The Morgan fingerprint density at radius 2 is 1.58 bits per heavy atom. The molecule has 0 aliphatic rings. The topological polar surface area (TPSA) is 24.1 Å². The molecule has 0 amide bonds. The molecule has 0 aromatic heterocycles. The van der Waals surface area contributed by atoms with Crippen molar-refractivity contribution in [2.45, 2.75) is 34.1 Å². The molecule has 0 aliphatic heterocycles. The molecule has 0 rings (SSSR count). The van der Waals surface area contributed by atoms with Gasteiger partial charge in [0.1, 0.15) is 0 Å². The van der Waals surface area contributed by atoms with Crippen LogP contribution in [-0.2, 0) is 0 Å². The van der Waals surface area contributed by atoms with E-state index in [0.29, 0.717) is 5.41 Å². The molecule has 0 bridgehead atoms. The van der Waals surface area contributed by atoms with Gasteiger partial charge in [-0.25, -0.2) is 0 Å². The summed E-state index contributed by atoms with van der Waals surface area (Å²) in [4.78, 5) is 0. The highest BCUT2D eigenvalue weighted by atomic mass is 14.9. The summed E-state index contributed by atoms with van der Waals surface area (Å²) in [6.07, 6.45) is 1.23. The Kier molecular flexibility index (Phi) is 6.39. The van der Waals surface area contributed by atoms with Crippen molar-refractivity contribution in [2.75, 3.05) is 26.2 Å². The summed E-state index contributed by atoms with van der Waals surface area (Å²) in [5, 5.41) is 6.75. The van der Waals surface area contributed by atoms with Crippen LogP contribution in [0.15, 0.2) is 0 Å². The average molecular weight is 172 g/mol.